The van der Waals surface area contributed by atoms with Gasteiger partial charge in [0.25, 0.3) is 5.56 Å². The number of H-pyrrole nitrogens is 2. The summed E-state index contributed by atoms with van der Waals surface area (Å²) in [5, 5.41) is 5.06. The maximum atomic E-state index is 12.6. The number of Topliss-reactive ketones (excluding diaryl/α,β-unsaturated/α-hetero) is 1. The van der Waals surface area contributed by atoms with E-state index in [0.29, 0.717) is 42.8 Å². The minimum absolute atomic E-state index is 0.0744. The van der Waals surface area contributed by atoms with E-state index in [2.05, 4.69) is 10.2 Å². The summed E-state index contributed by atoms with van der Waals surface area (Å²) in [6.07, 6.45) is 4.08. The predicted octanol–water partition coefficient (Wildman–Crippen LogP) is 1.66. The third-order valence-corrected chi connectivity index (χ3v) is 5.31. The van der Waals surface area contributed by atoms with Crippen LogP contribution in [-0.2, 0) is 11.2 Å². The van der Waals surface area contributed by atoms with Gasteiger partial charge in [0, 0.05) is 31.3 Å². The highest BCUT2D eigenvalue weighted by Gasteiger charge is 2.41. The maximum Gasteiger partial charge on any atom is 0.267 e. The average molecular weight is 355 g/mol. The molecule has 2 N–H and O–H groups in total. The molecule has 1 saturated heterocycles. The number of fused-ring (bicyclic) bond motifs is 1. The Morgan fingerprint density at radius 3 is 2.85 bits per heavy atom. The van der Waals surface area contributed by atoms with Gasteiger partial charge in [0.2, 0.25) is 5.91 Å². The summed E-state index contributed by atoms with van der Waals surface area (Å²) in [6, 6.07) is 7.34. The molecule has 1 amide bonds. The van der Waals surface area contributed by atoms with Gasteiger partial charge in [-0.2, -0.15) is 0 Å². The van der Waals surface area contributed by atoms with E-state index in [1.54, 1.807) is 11.0 Å². The lowest BCUT2D eigenvalue weighted by atomic mass is 9.84. The van der Waals surface area contributed by atoms with Gasteiger partial charge >= 0.3 is 0 Å². The molecule has 1 spiro atoms. The standard InChI is InChI=1S/C19H21N3O4/c23-15-11-19(26-16-5-2-1-4-14(15)16)6-3-8-22(9-7-19)17(24)10-13-12-20-21-18(13)25/h1-2,4-5,12H,3,6-11H2,(H2,20,21,25). The lowest BCUT2D eigenvalue weighted by molar-refractivity contribution is -0.130. The van der Waals surface area contributed by atoms with E-state index in [9.17, 15) is 14.4 Å². The van der Waals surface area contributed by atoms with Gasteiger partial charge in [-0.1, -0.05) is 12.1 Å². The molecule has 1 aromatic heterocycles. The van der Waals surface area contributed by atoms with E-state index < -0.39 is 5.60 Å². The summed E-state index contributed by atoms with van der Waals surface area (Å²) >= 11 is 0. The minimum atomic E-state index is -0.536. The Morgan fingerprint density at radius 2 is 2.04 bits per heavy atom. The van der Waals surface area contributed by atoms with Gasteiger partial charge in [0.05, 0.1) is 18.4 Å². The van der Waals surface area contributed by atoms with Crippen LogP contribution in [0, 0.1) is 0 Å². The number of ketones is 1. The molecule has 0 saturated carbocycles. The van der Waals surface area contributed by atoms with Crippen molar-refractivity contribution in [2.24, 2.45) is 0 Å². The summed E-state index contributed by atoms with van der Waals surface area (Å²) in [5.41, 5.74) is 0.280. The van der Waals surface area contributed by atoms with Crippen LogP contribution in [-0.4, -0.2) is 45.5 Å². The van der Waals surface area contributed by atoms with Crippen molar-refractivity contribution < 1.29 is 14.3 Å². The fourth-order valence-corrected chi connectivity index (χ4v) is 3.88. The number of amides is 1. The minimum Gasteiger partial charge on any atom is -0.486 e. The predicted molar refractivity (Wildman–Crippen MR) is 94.3 cm³/mol. The first kappa shape index (κ1) is 16.6. The molecular formula is C19H21N3O4. The summed E-state index contributed by atoms with van der Waals surface area (Å²) in [6.45, 7) is 1.14. The molecule has 26 heavy (non-hydrogen) atoms. The molecule has 4 rings (SSSR count). The third-order valence-electron chi connectivity index (χ3n) is 5.31. The van der Waals surface area contributed by atoms with E-state index in [1.165, 1.54) is 6.20 Å². The molecule has 2 aliphatic rings. The fourth-order valence-electron chi connectivity index (χ4n) is 3.88. The quantitative estimate of drug-likeness (QED) is 0.856. The van der Waals surface area contributed by atoms with Crippen molar-refractivity contribution in [3.05, 3.63) is 51.9 Å². The second kappa shape index (κ2) is 6.48. The molecule has 0 radical (unpaired) electrons. The van der Waals surface area contributed by atoms with Crippen molar-refractivity contribution in [3.8, 4) is 5.75 Å². The molecule has 2 aromatic rings. The van der Waals surface area contributed by atoms with Crippen LogP contribution < -0.4 is 10.3 Å². The molecule has 7 heteroatoms. The maximum absolute atomic E-state index is 12.6. The zero-order valence-corrected chi connectivity index (χ0v) is 14.4. The van der Waals surface area contributed by atoms with Gasteiger partial charge in [-0.15, -0.1) is 0 Å². The Labute approximate surface area is 150 Å². The van der Waals surface area contributed by atoms with Crippen molar-refractivity contribution in [2.45, 2.75) is 37.7 Å². The highest BCUT2D eigenvalue weighted by atomic mass is 16.5. The zero-order valence-electron chi connectivity index (χ0n) is 14.4. The van der Waals surface area contributed by atoms with Crippen LogP contribution in [0.2, 0.25) is 0 Å². The average Bonchev–Trinajstić information content (AvgIpc) is 2.91. The Hall–Kier alpha value is -2.83. The van der Waals surface area contributed by atoms with Crippen LogP contribution in [0.15, 0.2) is 35.3 Å². The van der Waals surface area contributed by atoms with Crippen LogP contribution in [0.3, 0.4) is 0 Å². The number of nitrogens with zero attached hydrogens (tertiary/aromatic N) is 1. The van der Waals surface area contributed by atoms with E-state index >= 15 is 0 Å². The number of carbonyl (C=O) groups excluding carboxylic acids is 2. The number of likely N-dealkylation sites (tertiary alicyclic amines) is 1. The number of carbonyl (C=O) groups is 2. The second-order valence-corrected chi connectivity index (χ2v) is 7.06. The summed E-state index contributed by atoms with van der Waals surface area (Å²) in [7, 11) is 0. The Balaban J connectivity index is 1.47. The first-order valence-electron chi connectivity index (χ1n) is 8.90. The monoisotopic (exact) mass is 355 g/mol. The number of para-hydroxylation sites is 1. The van der Waals surface area contributed by atoms with E-state index in [0.717, 1.165) is 12.8 Å². The highest BCUT2D eigenvalue weighted by molar-refractivity contribution is 6.00. The lowest BCUT2D eigenvalue weighted by Crippen LogP contribution is -2.43. The summed E-state index contributed by atoms with van der Waals surface area (Å²) < 4.78 is 6.25. The van der Waals surface area contributed by atoms with Crippen molar-refractivity contribution in [2.75, 3.05) is 13.1 Å². The Morgan fingerprint density at radius 1 is 1.19 bits per heavy atom. The third kappa shape index (κ3) is 3.05. The molecule has 1 aromatic carbocycles. The van der Waals surface area contributed by atoms with Gasteiger partial charge in [-0.05, 0) is 25.0 Å². The van der Waals surface area contributed by atoms with Crippen molar-refractivity contribution in [1.82, 2.24) is 15.1 Å². The highest BCUT2D eigenvalue weighted by Crippen LogP contribution is 2.39. The number of aromatic amines is 2. The van der Waals surface area contributed by atoms with Crippen LogP contribution in [0.5, 0.6) is 5.75 Å². The van der Waals surface area contributed by atoms with Crippen LogP contribution in [0.25, 0.3) is 0 Å². The molecule has 2 aliphatic heterocycles. The summed E-state index contributed by atoms with van der Waals surface area (Å²) in [5.74, 6) is 0.669. The SMILES string of the molecule is O=C1CC2(CCCN(C(=O)Cc3c[nH][nH]c3=O)CC2)Oc2ccccc21. The molecule has 1 fully saturated rings. The normalized spacial score (nSPS) is 22.6. The number of rotatable bonds is 2. The van der Waals surface area contributed by atoms with Crippen LogP contribution in [0.4, 0.5) is 0 Å². The molecule has 0 bridgehead atoms. The first-order chi connectivity index (χ1) is 12.6. The number of hydrogen-bond donors (Lipinski definition) is 2. The van der Waals surface area contributed by atoms with E-state index in [-0.39, 0.29) is 23.7 Å². The number of nitrogens with one attached hydrogen (secondary N) is 2. The Bertz CT molecular complexity index is 900. The molecule has 136 valence electrons. The first-order valence-corrected chi connectivity index (χ1v) is 8.90. The van der Waals surface area contributed by atoms with E-state index in [1.807, 2.05) is 18.2 Å². The molecule has 3 heterocycles. The molecule has 7 nitrogen and oxygen atoms in total. The topological polar surface area (TPSA) is 95.3 Å². The van der Waals surface area contributed by atoms with Gasteiger partial charge in [-0.3, -0.25) is 19.5 Å². The Kier molecular flexibility index (Phi) is 4.14. The van der Waals surface area contributed by atoms with Gasteiger partial charge < -0.3 is 14.7 Å². The van der Waals surface area contributed by atoms with Crippen molar-refractivity contribution in [3.63, 3.8) is 0 Å². The zero-order chi connectivity index (χ0) is 18.1. The van der Waals surface area contributed by atoms with Crippen molar-refractivity contribution >= 4 is 11.7 Å². The van der Waals surface area contributed by atoms with Gasteiger partial charge in [0.15, 0.2) is 5.78 Å². The summed E-state index contributed by atoms with van der Waals surface area (Å²) in [4.78, 5) is 38.4. The molecular weight excluding hydrogens is 334 g/mol. The van der Waals surface area contributed by atoms with Gasteiger partial charge in [-0.25, -0.2) is 0 Å². The van der Waals surface area contributed by atoms with Crippen molar-refractivity contribution in [1.29, 1.82) is 0 Å². The number of ether oxygens (including phenoxy) is 1. The number of hydrogen-bond acceptors (Lipinski definition) is 4. The smallest absolute Gasteiger partial charge is 0.267 e. The molecule has 0 aliphatic carbocycles. The fraction of sp³-hybridized carbons (Fsp3) is 0.421. The number of benzene rings is 1. The van der Waals surface area contributed by atoms with E-state index in [4.69, 9.17) is 4.74 Å². The second-order valence-electron chi connectivity index (χ2n) is 7.06. The number of aromatic nitrogens is 2. The molecule has 1 atom stereocenters. The lowest BCUT2D eigenvalue weighted by Gasteiger charge is -2.37. The van der Waals surface area contributed by atoms with Crippen LogP contribution >= 0.6 is 0 Å². The van der Waals surface area contributed by atoms with Gasteiger partial charge in [0.1, 0.15) is 11.4 Å². The molecule has 1 unspecified atom stereocenters. The van der Waals surface area contributed by atoms with Crippen LogP contribution in [0.1, 0.15) is 41.6 Å². The largest absolute Gasteiger partial charge is 0.486 e.